The highest BCUT2D eigenvalue weighted by atomic mass is 16.7. The molecule has 0 spiro atoms. The fourth-order valence-corrected chi connectivity index (χ4v) is 1.69. The van der Waals surface area contributed by atoms with E-state index in [1.807, 2.05) is 0 Å². The van der Waals surface area contributed by atoms with Crippen molar-refractivity contribution < 1.29 is 14.3 Å². The monoisotopic (exact) mass is 241 g/mol. The Morgan fingerprint density at radius 1 is 1.44 bits per heavy atom. The summed E-state index contributed by atoms with van der Waals surface area (Å²) >= 11 is 0. The third kappa shape index (κ3) is 2.12. The zero-order valence-electron chi connectivity index (χ0n) is 10.5. The van der Waals surface area contributed by atoms with Gasteiger partial charge in [0.05, 0.1) is 7.85 Å². The van der Waals surface area contributed by atoms with Crippen LogP contribution in [0.4, 0.5) is 0 Å². The Bertz CT molecular complexity index is 476. The van der Waals surface area contributed by atoms with E-state index in [2.05, 4.69) is 0 Å². The summed E-state index contributed by atoms with van der Waals surface area (Å²) in [6.45, 7) is 1.81. The molecule has 18 heavy (non-hydrogen) atoms. The van der Waals surface area contributed by atoms with E-state index < -0.39 is 5.44 Å². The van der Waals surface area contributed by atoms with Crippen molar-refractivity contribution in [3.63, 3.8) is 0 Å². The zero-order chi connectivity index (χ0) is 13.3. The van der Waals surface area contributed by atoms with Gasteiger partial charge in [-0.05, 0) is 38.6 Å². The van der Waals surface area contributed by atoms with Crippen molar-refractivity contribution >= 4 is 21.5 Å². The third-order valence-corrected chi connectivity index (χ3v) is 3.16. The molecule has 2 rings (SSSR count). The third-order valence-electron chi connectivity index (χ3n) is 3.16. The molecule has 1 aliphatic heterocycles. The maximum absolute atomic E-state index is 12.3. The van der Waals surface area contributed by atoms with Gasteiger partial charge in [-0.2, -0.15) is 0 Å². The second kappa shape index (κ2) is 4.69. The minimum atomic E-state index is -1.15. The van der Waals surface area contributed by atoms with Crippen LogP contribution in [0.1, 0.15) is 17.3 Å². The van der Waals surface area contributed by atoms with Crippen LogP contribution in [-0.2, 0) is 0 Å². The van der Waals surface area contributed by atoms with E-state index in [4.69, 9.17) is 25.2 Å². The number of likely N-dealkylation sites (N-methyl/N-ethyl adjacent to an activating group) is 1. The minimum Gasteiger partial charge on any atom is -0.454 e. The second-order valence-corrected chi connectivity index (χ2v) is 4.43. The Morgan fingerprint density at radius 2 is 2.11 bits per heavy atom. The molecule has 90 valence electrons. The summed E-state index contributed by atoms with van der Waals surface area (Å²) in [7, 11) is 13.2. The summed E-state index contributed by atoms with van der Waals surface area (Å²) in [5, 5.41) is 0. The van der Waals surface area contributed by atoms with Crippen molar-refractivity contribution in [2.45, 2.75) is 12.4 Å². The topological polar surface area (TPSA) is 38.8 Å². The number of benzene rings is 1. The van der Waals surface area contributed by atoms with Crippen LogP contribution in [0.3, 0.4) is 0 Å². The Morgan fingerprint density at radius 3 is 2.78 bits per heavy atom. The van der Waals surface area contributed by atoms with Crippen molar-refractivity contribution in [3.05, 3.63) is 23.8 Å². The van der Waals surface area contributed by atoms with Crippen LogP contribution < -0.4 is 9.47 Å². The normalized spacial score (nSPS) is 16.6. The average Bonchev–Trinajstić information content (AvgIpc) is 2.83. The molecule has 6 heteroatoms. The summed E-state index contributed by atoms with van der Waals surface area (Å²) in [6, 6.07) is 5.01. The second-order valence-electron chi connectivity index (χ2n) is 4.43. The van der Waals surface area contributed by atoms with Gasteiger partial charge >= 0.3 is 0 Å². The van der Waals surface area contributed by atoms with E-state index in [1.54, 1.807) is 37.1 Å². The summed E-state index contributed by atoms with van der Waals surface area (Å²) in [6.07, 6.45) is 0.198. The molecular formula is C12H13B2NO3. The molecule has 4 nitrogen and oxygen atoms in total. The zero-order valence-corrected chi connectivity index (χ0v) is 10.5. The van der Waals surface area contributed by atoms with Crippen LogP contribution in [0.5, 0.6) is 11.5 Å². The van der Waals surface area contributed by atoms with E-state index in [1.165, 1.54) is 0 Å². The Hall–Kier alpha value is -1.42. The molecule has 0 N–H and O–H groups in total. The molecule has 0 saturated heterocycles. The van der Waals surface area contributed by atoms with Crippen LogP contribution in [0.25, 0.3) is 0 Å². The van der Waals surface area contributed by atoms with Crippen molar-refractivity contribution in [2.75, 3.05) is 20.3 Å². The lowest BCUT2D eigenvalue weighted by Crippen LogP contribution is -2.51. The molecule has 0 aromatic heterocycles. The van der Waals surface area contributed by atoms with Gasteiger partial charge in [-0.1, -0.05) is 0 Å². The van der Waals surface area contributed by atoms with Gasteiger partial charge < -0.3 is 14.4 Å². The number of ketones is 1. The molecule has 0 fully saturated rings. The van der Waals surface area contributed by atoms with Gasteiger partial charge in [-0.25, -0.2) is 0 Å². The molecule has 1 aromatic rings. The van der Waals surface area contributed by atoms with Crippen LogP contribution in [-0.4, -0.2) is 52.1 Å². The summed E-state index contributed by atoms with van der Waals surface area (Å²) in [4.78, 5) is 13.9. The maximum Gasteiger partial charge on any atom is 0.231 e. The standard InChI is InChI=1S/C12H13B2NO3/c1-12(14,15(2)6-13)11(16)8-3-4-9-10(5-8)18-7-17-9/h3-5H,6-7H2,1-2H3. The predicted molar refractivity (Wildman–Crippen MR) is 69.4 cm³/mol. The van der Waals surface area contributed by atoms with Crippen molar-refractivity contribution in [1.29, 1.82) is 0 Å². The highest BCUT2D eigenvalue weighted by Gasteiger charge is 2.32. The largest absolute Gasteiger partial charge is 0.454 e. The van der Waals surface area contributed by atoms with Gasteiger partial charge in [-0.15, -0.1) is 0 Å². The summed E-state index contributed by atoms with van der Waals surface area (Å²) < 4.78 is 10.4. The van der Waals surface area contributed by atoms with E-state index in [9.17, 15) is 4.79 Å². The first-order chi connectivity index (χ1) is 8.46. The van der Waals surface area contributed by atoms with Gasteiger partial charge in [0.2, 0.25) is 6.79 Å². The molecule has 0 amide bonds. The van der Waals surface area contributed by atoms with Crippen LogP contribution in [0.2, 0.25) is 0 Å². The molecule has 1 aliphatic rings. The lowest BCUT2D eigenvalue weighted by Gasteiger charge is -2.34. The predicted octanol–water partition coefficient (Wildman–Crippen LogP) is 0.540. The number of hydrogen-bond donors (Lipinski definition) is 0. The first kappa shape index (κ1) is 13.0. The molecule has 1 unspecified atom stereocenters. The van der Waals surface area contributed by atoms with Crippen LogP contribution >= 0.6 is 0 Å². The number of rotatable bonds is 4. The number of fused-ring (bicyclic) bond motifs is 1. The van der Waals surface area contributed by atoms with Crippen molar-refractivity contribution in [2.24, 2.45) is 0 Å². The molecule has 1 aromatic carbocycles. The smallest absolute Gasteiger partial charge is 0.231 e. The fraction of sp³-hybridized carbons (Fsp3) is 0.417. The number of ether oxygens (including phenoxy) is 2. The quantitative estimate of drug-likeness (QED) is 0.569. The first-order valence-corrected chi connectivity index (χ1v) is 5.61. The molecule has 0 aliphatic carbocycles. The van der Waals surface area contributed by atoms with E-state index in [-0.39, 0.29) is 19.0 Å². The van der Waals surface area contributed by atoms with E-state index >= 15 is 0 Å². The Labute approximate surface area is 109 Å². The first-order valence-electron chi connectivity index (χ1n) is 5.61. The summed E-state index contributed by atoms with van der Waals surface area (Å²) in [5.74, 6) is 0.984. The van der Waals surface area contributed by atoms with Crippen molar-refractivity contribution in [1.82, 2.24) is 4.90 Å². The minimum absolute atomic E-state index is 0.176. The lowest BCUT2D eigenvalue weighted by atomic mass is 9.72. The van der Waals surface area contributed by atoms with Crippen molar-refractivity contribution in [3.8, 4) is 11.5 Å². The fourth-order valence-electron chi connectivity index (χ4n) is 1.69. The highest BCUT2D eigenvalue weighted by Crippen LogP contribution is 2.33. The molecule has 4 radical (unpaired) electrons. The number of carbonyl (C=O) groups excluding carboxylic acids is 1. The van der Waals surface area contributed by atoms with Gasteiger partial charge in [0, 0.05) is 11.0 Å². The van der Waals surface area contributed by atoms with Crippen LogP contribution in [0, 0.1) is 0 Å². The SMILES string of the molecule is [B]CN(C)C([B])(C)C(=O)c1ccc2c(c1)OCO2. The molecule has 1 atom stereocenters. The summed E-state index contributed by atoms with van der Waals surface area (Å²) in [5.41, 5.74) is -0.674. The molecule has 0 saturated carbocycles. The van der Waals surface area contributed by atoms with Gasteiger partial charge in [0.25, 0.3) is 0 Å². The Kier molecular flexibility index (Phi) is 3.39. The van der Waals surface area contributed by atoms with Gasteiger partial charge in [0.15, 0.2) is 17.3 Å². The number of hydrogen-bond acceptors (Lipinski definition) is 4. The number of carbonyl (C=O) groups is 1. The van der Waals surface area contributed by atoms with E-state index in [0.29, 0.717) is 17.1 Å². The highest BCUT2D eigenvalue weighted by molar-refractivity contribution is 6.32. The maximum atomic E-state index is 12.3. The van der Waals surface area contributed by atoms with Crippen LogP contribution in [0.15, 0.2) is 18.2 Å². The molecular weight excluding hydrogens is 228 g/mol. The Balaban J connectivity index is 2.29. The van der Waals surface area contributed by atoms with Gasteiger partial charge in [0.1, 0.15) is 7.85 Å². The number of Topliss-reactive ketones (excluding diaryl/α,β-unsaturated/α-hetero) is 1. The van der Waals surface area contributed by atoms with E-state index in [0.717, 1.165) is 0 Å². The average molecular weight is 241 g/mol. The molecule has 1 heterocycles. The van der Waals surface area contributed by atoms with Gasteiger partial charge in [-0.3, -0.25) is 4.79 Å². The lowest BCUT2D eigenvalue weighted by molar-refractivity contribution is 0.0837. The number of nitrogens with zero attached hydrogens (tertiary/aromatic N) is 1. The molecule has 0 bridgehead atoms.